The SMILES string of the molecule is CN[C@@H](C)C(=S)N[C@@H]1CCSC2CC(C)(C)[C@H](C(=O)N[C@@H](COCCn3cc(COC[C@H](NC(=O)[C@H]4N5C(=O)[C@@H](NC(=S)[C@@H](C)NC)CCSC5CC4(C)C)c4ccccc4)nn3)c3ccccc3)N2C1=O. The zero-order valence-electron chi connectivity index (χ0n) is 42.7. The molecule has 1 aromatic heterocycles. The first kappa shape index (κ1) is 55.5. The van der Waals surface area contributed by atoms with Gasteiger partial charge in [-0.15, -0.1) is 28.6 Å². The van der Waals surface area contributed by atoms with Gasteiger partial charge in [0.05, 0.1) is 84.1 Å². The van der Waals surface area contributed by atoms with Gasteiger partial charge in [0.2, 0.25) is 23.6 Å². The van der Waals surface area contributed by atoms with Crippen molar-refractivity contribution in [3.63, 3.8) is 0 Å². The molecule has 6 N–H and O–H groups in total. The van der Waals surface area contributed by atoms with Crippen molar-refractivity contribution < 1.29 is 28.7 Å². The van der Waals surface area contributed by atoms with Crippen molar-refractivity contribution in [2.45, 2.75) is 139 Å². The van der Waals surface area contributed by atoms with Crippen LogP contribution in [0.4, 0.5) is 0 Å². The number of rotatable bonds is 21. The molecule has 17 nitrogen and oxygen atoms in total. The van der Waals surface area contributed by atoms with Gasteiger partial charge in [-0.3, -0.25) is 19.2 Å². The number of hydrogen-bond donors (Lipinski definition) is 6. The fraction of sp³-hybridized carbons (Fsp3) is 0.608. The number of carbonyl (C=O) groups is 4. The topological polar surface area (TPSA) is 196 Å². The summed E-state index contributed by atoms with van der Waals surface area (Å²) in [6.07, 6.45) is 4.42. The standard InChI is InChI=1S/C51H73N11O6S4/c1-31(52-7)46(69)56-36-19-23-71-40-25-50(3,4)42(61(40)48(36)65)44(63)54-38(33-15-11-9-12-16-33)29-67-22-21-60-27-35(58-59-60)28-68-30-39(34-17-13-10-14-18-34)55-45(64)43-51(5,6)26-41-62(43)49(66)37(20-24-72-41)57-47(70)32(2)53-8/h9-18,27,31-32,36-43,52-53H,19-26,28-30H2,1-8H3,(H,54,63)(H,55,64)(H,56,69)(H,57,70)/t31-,32+,36+,37-,38-,39-,40?,41?,42-,43+/m0/s1. The number of fused-ring (bicyclic) bond motifs is 2. The molecule has 4 aliphatic rings. The Hall–Kier alpha value is -4.22. The molecule has 4 aliphatic heterocycles. The van der Waals surface area contributed by atoms with Gasteiger partial charge >= 0.3 is 0 Å². The Morgan fingerprint density at radius 2 is 1.17 bits per heavy atom. The molecule has 3 aromatic rings. The van der Waals surface area contributed by atoms with Crippen LogP contribution in [0.3, 0.4) is 0 Å². The Balaban J connectivity index is 0.944. The maximum absolute atomic E-state index is 14.5. The number of amides is 4. The summed E-state index contributed by atoms with van der Waals surface area (Å²) < 4.78 is 14.2. The highest BCUT2D eigenvalue weighted by Gasteiger charge is 2.56. The average molecular weight is 1060 g/mol. The summed E-state index contributed by atoms with van der Waals surface area (Å²) in [5, 5.41) is 27.8. The Kier molecular flexibility index (Phi) is 19.2. The number of likely N-dealkylation sites (N-methyl/N-ethyl adjacent to an activating group) is 2. The highest BCUT2D eigenvalue weighted by atomic mass is 32.2. The predicted molar refractivity (Wildman–Crippen MR) is 291 cm³/mol. The van der Waals surface area contributed by atoms with Crippen LogP contribution in [-0.2, 0) is 41.8 Å². The fourth-order valence-electron chi connectivity index (χ4n) is 10.0. The highest BCUT2D eigenvalue weighted by molar-refractivity contribution is 8.00. The van der Waals surface area contributed by atoms with Crippen LogP contribution in [0.5, 0.6) is 0 Å². The van der Waals surface area contributed by atoms with Crippen LogP contribution in [0, 0.1) is 10.8 Å². The van der Waals surface area contributed by atoms with Gasteiger partial charge in [0.25, 0.3) is 0 Å². The zero-order chi connectivity index (χ0) is 51.7. The zero-order valence-corrected chi connectivity index (χ0v) is 46.0. The van der Waals surface area contributed by atoms with Gasteiger partial charge < -0.3 is 51.2 Å². The lowest BCUT2D eigenvalue weighted by Gasteiger charge is -2.35. The summed E-state index contributed by atoms with van der Waals surface area (Å²) in [5.74, 6) is 0.879. The molecule has 0 saturated carbocycles. The molecule has 0 spiro atoms. The molecule has 4 saturated heterocycles. The number of thioether (sulfide) groups is 2. The van der Waals surface area contributed by atoms with E-state index in [4.69, 9.17) is 33.9 Å². The fourth-order valence-corrected chi connectivity index (χ4v) is 13.7. The van der Waals surface area contributed by atoms with Gasteiger partial charge in [-0.1, -0.05) is 118 Å². The largest absolute Gasteiger partial charge is 0.377 e. The molecule has 72 heavy (non-hydrogen) atoms. The summed E-state index contributed by atoms with van der Waals surface area (Å²) in [7, 11) is 3.66. The van der Waals surface area contributed by atoms with Crippen LogP contribution >= 0.6 is 48.0 Å². The second-order valence-corrected chi connectivity index (χ2v) is 24.0. The molecule has 0 bridgehead atoms. The minimum Gasteiger partial charge on any atom is -0.377 e. The second-order valence-electron chi connectivity index (χ2n) is 20.6. The average Bonchev–Trinajstić information content (AvgIpc) is 3.95. The minimum absolute atomic E-state index is 0.0959. The molecule has 21 heteroatoms. The van der Waals surface area contributed by atoms with E-state index >= 15 is 0 Å². The third-order valence-corrected chi connectivity index (χ3v) is 17.7. The van der Waals surface area contributed by atoms with E-state index in [-0.39, 0.29) is 72.9 Å². The first-order valence-electron chi connectivity index (χ1n) is 25.0. The lowest BCUT2D eigenvalue weighted by atomic mass is 9.83. The third-order valence-electron chi connectivity index (χ3n) is 14.3. The van der Waals surface area contributed by atoms with Gasteiger partial charge in [-0.2, -0.15) is 0 Å². The molecule has 2 unspecified atom stereocenters. The van der Waals surface area contributed by atoms with Crippen LogP contribution in [0.1, 0.15) is 96.1 Å². The minimum atomic E-state index is -0.697. The van der Waals surface area contributed by atoms with Crippen molar-refractivity contribution in [3.05, 3.63) is 83.7 Å². The van der Waals surface area contributed by atoms with Gasteiger partial charge in [0.1, 0.15) is 29.9 Å². The van der Waals surface area contributed by atoms with E-state index in [0.717, 1.165) is 22.6 Å². The Morgan fingerprint density at radius 1 is 0.722 bits per heavy atom. The first-order valence-corrected chi connectivity index (χ1v) is 27.9. The molecule has 7 rings (SSSR count). The lowest BCUT2D eigenvalue weighted by Crippen LogP contribution is -2.58. The molecule has 392 valence electrons. The quantitative estimate of drug-likeness (QED) is 0.0645. The number of carbonyl (C=O) groups excluding carboxylic acids is 4. The van der Waals surface area contributed by atoms with Gasteiger partial charge in [0.15, 0.2) is 0 Å². The molecule has 4 amide bonds. The van der Waals surface area contributed by atoms with E-state index in [9.17, 15) is 19.2 Å². The number of benzene rings is 2. The summed E-state index contributed by atoms with van der Waals surface area (Å²) in [6.45, 7) is 13.3. The van der Waals surface area contributed by atoms with E-state index < -0.39 is 47.1 Å². The van der Waals surface area contributed by atoms with E-state index in [1.165, 1.54) is 0 Å². The Morgan fingerprint density at radius 3 is 1.61 bits per heavy atom. The number of ether oxygens (including phenoxy) is 2. The van der Waals surface area contributed by atoms with Crippen molar-refractivity contribution >= 4 is 81.6 Å². The summed E-state index contributed by atoms with van der Waals surface area (Å²) in [6, 6.07) is 15.8. The summed E-state index contributed by atoms with van der Waals surface area (Å²) in [5.41, 5.74) is 1.41. The first-order chi connectivity index (χ1) is 34.4. The smallest absolute Gasteiger partial charge is 0.246 e. The third kappa shape index (κ3) is 13.4. The molecular weight excluding hydrogens is 991 g/mol. The molecule has 0 radical (unpaired) electrons. The van der Waals surface area contributed by atoms with E-state index in [1.807, 2.05) is 88.6 Å². The second kappa shape index (κ2) is 24.9. The van der Waals surface area contributed by atoms with Crippen molar-refractivity contribution in [2.24, 2.45) is 10.8 Å². The molecular formula is C51H73N11O6S4. The maximum Gasteiger partial charge on any atom is 0.246 e. The molecule has 0 aliphatic carbocycles. The van der Waals surface area contributed by atoms with Crippen molar-refractivity contribution in [1.29, 1.82) is 0 Å². The van der Waals surface area contributed by atoms with Crippen LogP contribution in [-0.4, -0.2) is 151 Å². The molecule has 10 atom stereocenters. The number of thiocarbonyl (C=S) groups is 2. The van der Waals surface area contributed by atoms with Crippen LogP contribution < -0.4 is 31.9 Å². The monoisotopic (exact) mass is 1060 g/mol. The van der Waals surface area contributed by atoms with Crippen LogP contribution in [0.2, 0.25) is 0 Å². The predicted octanol–water partition coefficient (Wildman–Crippen LogP) is 4.49. The maximum atomic E-state index is 14.5. The van der Waals surface area contributed by atoms with Crippen molar-refractivity contribution in [2.75, 3.05) is 45.4 Å². The molecule has 2 aromatic carbocycles. The van der Waals surface area contributed by atoms with Gasteiger partial charge in [-0.05, 0) is 87.1 Å². The van der Waals surface area contributed by atoms with E-state index in [2.05, 4.69) is 69.9 Å². The highest BCUT2D eigenvalue weighted by Crippen LogP contribution is 2.48. The van der Waals surface area contributed by atoms with Crippen molar-refractivity contribution in [3.8, 4) is 0 Å². The summed E-state index contributed by atoms with van der Waals surface area (Å²) >= 11 is 14.7. The molecule has 4 fully saturated rings. The van der Waals surface area contributed by atoms with Gasteiger partial charge in [-0.25, -0.2) is 4.68 Å². The Labute approximate surface area is 443 Å². The summed E-state index contributed by atoms with van der Waals surface area (Å²) in [4.78, 5) is 62.2. The van der Waals surface area contributed by atoms with Gasteiger partial charge in [0, 0.05) is 0 Å². The number of nitrogens with zero attached hydrogens (tertiary/aromatic N) is 5. The van der Waals surface area contributed by atoms with E-state index in [1.54, 1.807) is 44.2 Å². The van der Waals surface area contributed by atoms with Crippen LogP contribution in [0.25, 0.3) is 0 Å². The van der Waals surface area contributed by atoms with E-state index in [0.29, 0.717) is 47.9 Å². The number of nitrogens with one attached hydrogen (secondary N) is 6. The normalized spacial score (nSPS) is 25.2. The van der Waals surface area contributed by atoms with Crippen LogP contribution in [0.15, 0.2) is 66.9 Å². The number of hydrogen-bond acceptors (Lipinski definition) is 14. The number of aromatic nitrogens is 3. The molecule has 5 heterocycles. The Bertz CT molecular complexity index is 2360. The lowest BCUT2D eigenvalue weighted by molar-refractivity contribution is -0.142. The van der Waals surface area contributed by atoms with Crippen molar-refractivity contribution in [1.82, 2.24) is 56.7 Å².